The third-order valence-electron chi connectivity index (χ3n) is 6.25. The molecule has 2 aliphatic rings. The van der Waals surface area contributed by atoms with Crippen molar-refractivity contribution in [3.8, 4) is 0 Å². The lowest BCUT2D eigenvalue weighted by Crippen LogP contribution is -2.39. The molecule has 1 aromatic carbocycles. The summed E-state index contributed by atoms with van der Waals surface area (Å²) in [7, 11) is 0. The van der Waals surface area contributed by atoms with Crippen LogP contribution in [0.5, 0.6) is 0 Å². The van der Waals surface area contributed by atoms with Crippen molar-refractivity contribution in [1.82, 2.24) is 15.2 Å². The number of amides is 2. The number of aryl methyl sites for hydroxylation is 2. The fourth-order valence-electron chi connectivity index (χ4n) is 4.40. The minimum Gasteiger partial charge on any atom is -0.355 e. The van der Waals surface area contributed by atoms with E-state index in [2.05, 4.69) is 16.8 Å². The number of carbonyl (C=O) groups is 2. The second-order valence-corrected chi connectivity index (χ2v) is 9.70. The van der Waals surface area contributed by atoms with Crippen LogP contribution in [0.2, 0.25) is 0 Å². The molecule has 1 aliphatic carbocycles. The normalized spacial score (nSPS) is 19.4. The highest BCUT2D eigenvalue weighted by Gasteiger charge is 2.28. The van der Waals surface area contributed by atoms with Crippen molar-refractivity contribution in [2.24, 2.45) is 5.92 Å². The Labute approximate surface area is 182 Å². The van der Waals surface area contributed by atoms with Crippen LogP contribution in [0.25, 0.3) is 0 Å². The van der Waals surface area contributed by atoms with E-state index in [1.807, 2.05) is 30.9 Å². The van der Waals surface area contributed by atoms with Crippen LogP contribution in [0.4, 0.5) is 0 Å². The number of likely N-dealkylation sites (tertiary alicyclic amines) is 1. The van der Waals surface area contributed by atoms with Gasteiger partial charge >= 0.3 is 0 Å². The first-order valence-corrected chi connectivity index (χ1v) is 12.0. The molecule has 2 amide bonds. The summed E-state index contributed by atoms with van der Waals surface area (Å²) >= 11 is 1.69. The minimum absolute atomic E-state index is 0.127. The third kappa shape index (κ3) is 4.91. The van der Waals surface area contributed by atoms with Gasteiger partial charge in [-0.15, -0.1) is 11.3 Å². The molecule has 0 bridgehead atoms. The zero-order valence-corrected chi connectivity index (χ0v) is 18.8. The minimum atomic E-state index is 0.127. The van der Waals surface area contributed by atoms with Gasteiger partial charge in [-0.05, 0) is 51.7 Å². The molecule has 1 saturated heterocycles. The SMILES string of the molecule is Cc1cc(C)cc(C(=O)N2CCC[C@H](c3nc(CCNC(=O)C4CCC4)cs3)C2)c1. The van der Waals surface area contributed by atoms with Crippen LogP contribution >= 0.6 is 11.3 Å². The quantitative estimate of drug-likeness (QED) is 0.753. The molecular formula is C24H31N3O2S. The first-order valence-electron chi connectivity index (χ1n) is 11.1. The number of hydrogen-bond donors (Lipinski definition) is 1. The molecule has 1 aliphatic heterocycles. The molecule has 30 heavy (non-hydrogen) atoms. The third-order valence-corrected chi connectivity index (χ3v) is 7.31. The molecule has 160 valence electrons. The van der Waals surface area contributed by atoms with E-state index in [0.717, 1.165) is 72.6 Å². The Balaban J connectivity index is 1.33. The second-order valence-electron chi connectivity index (χ2n) is 8.81. The van der Waals surface area contributed by atoms with Crippen molar-refractivity contribution in [2.75, 3.05) is 19.6 Å². The number of nitrogens with zero attached hydrogens (tertiary/aromatic N) is 2. The Morgan fingerprint density at radius 1 is 1.13 bits per heavy atom. The summed E-state index contributed by atoms with van der Waals surface area (Å²) in [4.78, 5) is 31.8. The van der Waals surface area contributed by atoms with Gasteiger partial charge in [-0.2, -0.15) is 0 Å². The van der Waals surface area contributed by atoms with Gasteiger partial charge in [0.05, 0.1) is 10.7 Å². The summed E-state index contributed by atoms with van der Waals surface area (Å²) in [6.07, 6.45) is 6.10. The zero-order chi connectivity index (χ0) is 21.1. The van der Waals surface area contributed by atoms with Gasteiger partial charge in [0.15, 0.2) is 0 Å². The standard InChI is InChI=1S/C24H31N3O2S/c1-16-11-17(2)13-20(12-16)24(29)27-10-4-7-19(14-27)23-26-21(15-30-23)8-9-25-22(28)18-5-3-6-18/h11-13,15,18-19H,3-10,14H2,1-2H3,(H,25,28)/t19-/m0/s1. The molecule has 6 heteroatoms. The van der Waals surface area contributed by atoms with E-state index in [9.17, 15) is 9.59 Å². The van der Waals surface area contributed by atoms with E-state index < -0.39 is 0 Å². The molecule has 1 saturated carbocycles. The zero-order valence-electron chi connectivity index (χ0n) is 17.9. The lowest BCUT2D eigenvalue weighted by Gasteiger charge is -2.32. The Morgan fingerprint density at radius 2 is 1.90 bits per heavy atom. The highest BCUT2D eigenvalue weighted by molar-refractivity contribution is 7.09. The molecule has 5 nitrogen and oxygen atoms in total. The van der Waals surface area contributed by atoms with Gasteiger partial charge < -0.3 is 10.2 Å². The van der Waals surface area contributed by atoms with Gasteiger partial charge in [0, 0.05) is 48.8 Å². The number of nitrogens with one attached hydrogen (secondary N) is 1. The Kier molecular flexibility index (Phi) is 6.52. The van der Waals surface area contributed by atoms with E-state index in [0.29, 0.717) is 12.5 Å². The maximum Gasteiger partial charge on any atom is 0.253 e. The van der Waals surface area contributed by atoms with E-state index in [1.165, 1.54) is 6.42 Å². The molecule has 0 unspecified atom stereocenters. The van der Waals surface area contributed by atoms with Crippen molar-refractivity contribution >= 4 is 23.2 Å². The molecule has 0 radical (unpaired) electrons. The predicted molar refractivity (Wildman–Crippen MR) is 120 cm³/mol. The first-order chi connectivity index (χ1) is 14.5. The van der Waals surface area contributed by atoms with Crippen LogP contribution in [-0.2, 0) is 11.2 Å². The molecule has 2 heterocycles. The van der Waals surface area contributed by atoms with E-state index in [-0.39, 0.29) is 17.7 Å². The lowest BCUT2D eigenvalue weighted by molar-refractivity contribution is -0.127. The van der Waals surface area contributed by atoms with Gasteiger partial charge in [0.1, 0.15) is 0 Å². The maximum atomic E-state index is 13.0. The number of hydrogen-bond acceptors (Lipinski definition) is 4. The molecule has 4 rings (SSSR count). The van der Waals surface area contributed by atoms with E-state index in [4.69, 9.17) is 4.98 Å². The van der Waals surface area contributed by atoms with Gasteiger partial charge in [0.25, 0.3) is 5.91 Å². The van der Waals surface area contributed by atoms with Crippen molar-refractivity contribution in [3.63, 3.8) is 0 Å². The maximum absolute atomic E-state index is 13.0. The van der Waals surface area contributed by atoms with Crippen molar-refractivity contribution in [3.05, 3.63) is 51.0 Å². The number of benzene rings is 1. The number of piperidine rings is 1. The molecule has 1 aromatic heterocycles. The van der Waals surface area contributed by atoms with Gasteiger partial charge in [-0.3, -0.25) is 9.59 Å². The van der Waals surface area contributed by atoms with E-state index >= 15 is 0 Å². The van der Waals surface area contributed by atoms with Crippen molar-refractivity contribution < 1.29 is 9.59 Å². The largest absolute Gasteiger partial charge is 0.355 e. The van der Waals surface area contributed by atoms with Crippen LogP contribution in [0.1, 0.15) is 70.2 Å². The summed E-state index contributed by atoms with van der Waals surface area (Å²) in [6.45, 7) is 6.27. The topological polar surface area (TPSA) is 62.3 Å². The van der Waals surface area contributed by atoms with Gasteiger partial charge in [-0.25, -0.2) is 4.98 Å². The molecule has 1 N–H and O–H groups in total. The summed E-state index contributed by atoms with van der Waals surface area (Å²) < 4.78 is 0. The smallest absolute Gasteiger partial charge is 0.253 e. The Morgan fingerprint density at radius 3 is 2.60 bits per heavy atom. The van der Waals surface area contributed by atoms with Crippen molar-refractivity contribution in [2.45, 2.75) is 58.3 Å². The van der Waals surface area contributed by atoms with Crippen LogP contribution < -0.4 is 5.32 Å². The summed E-state index contributed by atoms with van der Waals surface area (Å²) in [6, 6.07) is 6.07. The number of carbonyl (C=O) groups excluding carboxylic acids is 2. The number of aromatic nitrogens is 1. The van der Waals surface area contributed by atoms with Crippen LogP contribution in [0.3, 0.4) is 0 Å². The Bertz CT molecular complexity index is 899. The Hall–Kier alpha value is -2.21. The number of thiazole rings is 1. The summed E-state index contributed by atoms with van der Waals surface area (Å²) in [5.74, 6) is 0.863. The molecule has 1 atom stereocenters. The molecular weight excluding hydrogens is 394 g/mol. The number of rotatable bonds is 6. The van der Waals surface area contributed by atoms with Crippen LogP contribution in [0.15, 0.2) is 23.6 Å². The van der Waals surface area contributed by atoms with E-state index in [1.54, 1.807) is 11.3 Å². The molecule has 2 fully saturated rings. The van der Waals surface area contributed by atoms with Gasteiger partial charge in [0.2, 0.25) is 5.91 Å². The van der Waals surface area contributed by atoms with Crippen LogP contribution in [-0.4, -0.2) is 41.3 Å². The fraction of sp³-hybridized carbons (Fsp3) is 0.542. The predicted octanol–water partition coefficient (Wildman–Crippen LogP) is 4.24. The highest BCUT2D eigenvalue weighted by Crippen LogP contribution is 2.30. The molecule has 2 aromatic rings. The van der Waals surface area contributed by atoms with Crippen molar-refractivity contribution in [1.29, 1.82) is 0 Å². The monoisotopic (exact) mass is 425 g/mol. The average molecular weight is 426 g/mol. The van der Waals surface area contributed by atoms with Crippen LogP contribution in [0, 0.1) is 19.8 Å². The second kappa shape index (κ2) is 9.29. The molecule has 0 spiro atoms. The summed E-state index contributed by atoms with van der Waals surface area (Å²) in [5.41, 5.74) is 4.08. The van der Waals surface area contributed by atoms with Gasteiger partial charge in [-0.1, -0.05) is 23.6 Å². The first kappa shape index (κ1) is 21.0. The lowest BCUT2D eigenvalue weighted by atomic mass is 9.85. The average Bonchev–Trinajstić information content (AvgIpc) is 3.14. The highest BCUT2D eigenvalue weighted by atomic mass is 32.1. The fourth-order valence-corrected chi connectivity index (χ4v) is 5.38. The summed E-state index contributed by atoms with van der Waals surface area (Å²) in [5, 5.41) is 6.27.